The Morgan fingerprint density at radius 1 is 1.26 bits per heavy atom. The first-order valence-electron chi connectivity index (χ1n) is 6.97. The van der Waals surface area contributed by atoms with Gasteiger partial charge in [0.25, 0.3) is 0 Å². The van der Waals surface area contributed by atoms with Gasteiger partial charge in [-0.1, -0.05) is 19.3 Å². The van der Waals surface area contributed by atoms with Crippen LogP contribution < -0.4 is 15.8 Å². The van der Waals surface area contributed by atoms with Crippen LogP contribution in [-0.2, 0) is 0 Å². The van der Waals surface area contributed by atoms with E-state index in [0.717, 1.165) is 30.8 Å². The first-order chi connectivity index (χ1) is 9.17. The van der Waals surface area contributed by atoms with Crippen molar-refractivity contribution in [1.82, 2.24) is 0 Å². The molecule has 4 nitrogen and oxygen atoms in total. The first-order valence-corrected chi connectivity index (χ1v) is 6.97. The van der Waals surface area contributed by atoms with Crippen molar-refractivity contribution in [3.63, 3.8) is 0 Å². The quantitative estimate of drug-likeness (QED) is 0.715. The van der Waals surface area contributed by atoms with Gasteiger partial charge in [0.15, 0.2) is 0 Å². The van der Waals surface area contributed by atoms with Gasteiger partial charge in [-0.2, -0.15) is 0 Å². The number of aliphatic hydroxyl groups is 1. The average Bonchev–Trinajstić information content (AvgIpc) is 2.45. The lowest BCUT2D eigenvalue weighted by Gasteiger charge is -2.36. The van der Waals surface area contributed by atoms with Crippen molar-refractivity contribution in [1.29, 1.82) is 0 Å². The largest absolute Gasteiger partial charge is 0.497 e. The summed E-state index contributed by atoms with van der Waals surface area (Å²) in [5.41, 5.74) is 7.50. The van der Waals surface area contributed by atoms with Gasteiger partial charge < -0.3 is 20.9 Å². The molecule has 2 rings (SSSR count). The number of nitrogen functional groups attached to an aromatic ring is 1. The van der Waals surface area contributed by atoms with Crippen LogP contribution in [-0.4, -0.2) is 25.4 Å². The number of hydrogen-bond donors (Lipinski definition) is 3. The summed E-state index contributed by atoms with van der Waals surface area (Å²) in [6, 6.07) is 5.63. The fraction of sp³-hybridized carbons (Fsp3) is 0.600. The molecule has 1 aliphatic rings. The van der Waals surface area contributed by atoms with Crippen LogP contribution in [0.4, 0.5) is 11.4 Å². The molecule has 0 unspecified atom stereocenters. The molecular weight excluding hydrogens is 240 g/mol. The highest BCUT2D eigenvalue weighted by Crippen LogP contribution is 2.36. The molecule has 106 valence electrons. The summed E-state index contributed by atoms with van der Waals surface area (Å²) in [6.07, 6.45) is 5.89. The molecule has 1 aromatic rings. The number of rotatable bonds is 5. The predicted molar refractivity (Wildman–Crippen MR) is 78.5 cm³/mol. The van der Waals surface area contributed by atoms with Gasteiger partial charge in [0.2, 0.25) is 0 Å². The van der Waals surface area contributed by atoms with E-state index in [0.29, 0.717) is 5.69 Å². The molecule has 0 radical (unpaired) electrons. The van der Waals surface area contributed by atoms with Gasteiger partial charge in [0.05, 0.1) is 13.7 Å². The Bertz CT molecular complexity index is 415. The predicted octanol–water partition coefficient (Wildman–Crippen LogP) is 2.63. The van der Waals surface area contributed by atoms with Crippen molar-refractivity contribution in [3.05, 3.63) is 18.2 Å². The van der Waals surface area contributed by atoms with E-state index in [1.165, 1.54) is 19.3 Å². The minimum atomic E-state index is 0.0239. The van der Waals surface area contributed by atoms with E-state index in [-0.39, 0.29) is 12.0 Å². The summed E-state index contributed by atoms with van der Waals surface area (Å²) in [4.78, 5) is 0. The minimum absolute atomic E-state index is 0.0239. The molecule has 4 N–H and O–H groups in total. The van der Waals surface area contributed by atoms with Crippen LogP contribution in [0.2, 0.25) is 0 Å². The molecule has 0 heterocycles. The molecule has 1 fully saturated rings. The summed E-state index contributed by atoms with van der Waals surface area (Å²) >= 11 is 0. The van der Waals surface area contributed by atoms with Crippen LogP contribution in [0.25, 0.3) is 0 Å². The van der Waals surface area contributed by atoms with Gasteiger partial charge in [-0.05, 0) is 18.9 Å². The third-order valence-corrected chi connectivity index (χ3v) is 4.08. The second-order valence-corrected chi connectivity index (χ2v) is 5.57. The zero-order valence-electron chi connectivity index (χ0n) is 11.6. The lowest BCUT2D eigenvalue weighted by Crippen LogP contribution is -2.35. The molecule has 0 aromatic heterocycles. The van der Waals surface area contributed by atoms with Crippen molar-refractivity contribution in [3.8, 4) is 5.75 Å². The van der Waals surface area contributed by atoms with Crippen LogP contribution in [0.1, 0.15) is 32.1 Å². The lowest BCUT2D eigenvalue weighted by atomic mass is 9.74. The highest BCUT2D eigenvalue weighted by Gasteiger charge is 2.31. The van der Waals surface area contributed by atoms with E-state index in [1.54, 1.807) is 13.2 Å². The number of ether oxygens (including phenoxy) is 1. The molecule has 0 aliphatic heterocycles. The molecule has 0 saturated heterocycles. The van der Waals surface area contributed by atoms with E-state index < -0.39 is 0 Å². The Balaban J connectivity index is 2.02. The highest BCUT2D eigenvalue weighted by molar-refractivity contribution is 5.59. The van der Waals surface area contributed by atoms with Gasteiger partial charge in [0, 0.05) is 35.5 Å². The van der Waals surface area contributed by atoms with Crippen LogP contribution in [0.5, 0.6) is 5.75 Å². The smallest absolute Gasteiger partial charge is 0.122 e. The fourth-order valence-electron chi connectivity index (χ4n) is 2.82. The second kappa shape index (κ2) is 6.15. The zero-order chi connectivity index (χ0) is 13.7. The van der Waals surface area contributed by atoms with Crippen LogP contribution in [0, 0.1) is 5.41 Å². The average molecular weight is 264 g/mol. The second-order valence-electron chi connectivity index (χ2n) is 5.57. The molecule has 1 aromatic carbocycles. The molecular formula is C15H24N2O2. The Labute approximate surface area is 115 Å². The first kappa shape index (κ1) is 14.0. The topological polar surface area (TPSA) is 67.5 Å². The summed E-state index contributed by atoms with van der Waals surface area (Å²) in [6.45, 7) is 1.04. The lowest BCUT2D eigenvalue weighted by molar-refractivity contribution is 0.0944. The molecule has 4 heteroatoms. The summed E-state index contributed by atoms with van der Waals surface area (Å²) < 4.78 is 5.21. The van der Waals surface area contributed by atoms with Gasteiger partial charge in [-0.15, -0.1) is 0 Å². The summed E-state index contributed by atoms with van der Waals surface area (Å²) in [7, 11) is 1.63. The zero-order valence-corrected chi connectivity index (χ0v) is 11.6. The summed E-state index contributed by atoms with van der Waals surface area (Å²) in [5, 5.41) is 13.1. The van der Waals surface area contributed by atoms with Crippen molar-refractivity contribution in [2.75, 3.05) is 31.3 Å². The maximum Gasteiger partial charge on any atom is 0.122 e. The van der Waals surface area contributed by atoms with Gasteiger partial charge in [-0.3, -0.25) is 0 Å². The van der Waals surface area contributed by atoms with Gasteiger partial charge >= 0.3 is 0 Å². The molecule has 0 bridgehead atoms. The van der Waals surface area contributed by atoms with Gasteiger partial charge in [0.1, 0.15) is 5.75 Å². The maximum atomic E-state index is 9.69. The molecule has 0 spiro atoms. The SMILES string of the molecule is COc1cc(N)cc(NCC2(CO)CCCCC2)c1. The standard InChI is InChI=1S/C15H24N2O2/c1-19-14-8-12(16)7-13(9-14)17-10-15(11-18)5-3-2-4-6-15/h7-9,17-18H,2-6,10-11,16H2,1H3. The molecule has 1 saturated carbocycles. The number of benzene rings is 1. The van der Waals surface area contributed by atoms with Crippen molar-refractivity contribution in [2.24, 2.45) is 5.41 Å². The molecule has 0 atom stereocenters. The monoisotopic (exact) mass is 264 g/mol. The van der Waals surface area contributed by atoms with E-state index in [9.17, 15) is 5.11 Å². The van der Waals surface area contributed by atoms with Crippen molar-refractivity contribution in [2.45, 2.75) is 32.1 Å². The Morgan fingerprint density at radius 2 is 2.00 bits per heavy atom. The number of nitrogens with two attached hydrogens (primary N) is 1. The summed E-state index contributed by atoms with van der Waals surface area (Å²) in [5.74, 6) is 0.754. The molecule has 1 aliphatic carbocycles. The van der Waals surface area contributed by atoms with E-state index in [1.807, 2.05) is 12.1 Å². The third kappa shape index (κ3) is 3.53. The number of nitrogens with one attached hydrogen (secondary N) is 1. The molecule has 19 heavy (non-hydrogen) atoms. The van der Waals surface area contributed by atoms with Crippen LogP contribution in [0.3, 0.4) is 0 Å². The third-order valence-electron chi connectivity index (χ3n) is 4.08. The van der Waals surface area contributed by atoms with Crippen LogP contribution in [0.15, 0.2) is 18.2 Å². The van der Waals surface area contributed by atoms with E-state index >= 15 is 0 Å². The van der Waals surface area contributed by atoms with E-state index in [4.69, 9.17) is 10.5 Å². The number of anilines is 2. The number of aliphatic hydroxyl groups excluding tert-OH is 1. The Hall–Kier alpha value is -1.42. The van der Waals surface area contributed by atoms with Crippen molar-refractivity contribution >= 4 is 11.4 Å². The highest BCUT2D eigenvalue weighted by atomic mass is 16.5. The number of methoxy groups -OCH3 is 1. The van der Waals surface area contributed by atoms with Crippen LogP contribution >= 0.6 is 0 Å². The Morgan fingerprint density at radius 3 is 2.63 bits per heavy atom. The van der Waals surface area contributed by atoms with Gasteiger partial charge in [-0.25, -0.2) is 0 Å². The van der Waals surface area contributed by atoms with Crippen molar-refractivity contribution < 1.29 is 9.84 Å². The maximum absolute atomic E-state index is 9.69. The minimum Gasteiger partial charge on any atom is -0.497 e. The number of hydrogen-bond acceptors (Lipinski definition) is 4. The normalized spacial score (nSPS) is 18.0. The van der Waals surface area contributed by atoms with E-state index in [2.05, 4.69) is 5.32 Å². The Kier molecular flexibility index (Phi) is 4.53. The molecule has 0 amide bonds. The fourth-order valence-corrected chi connectivity index (χ4v) is 2.82.